The molecule has 82 valence electrons. The third-order valence-electron chi connectivity index (χ3n) is 1.74. The van der Waals surface area contributed by atoms with E-state index < -0.39 is 5.91 Å². The summed E-state index contributed by atoms with van der Waals surface area (Å²) in [7, 11) is 0. The molecule has 0 aliphatic heterocycles. The normalized spacial score (nSPS) is 10.9. The average Bonchev–Trinajstić information content (AvgIpc) is 2.21. The van der Waals surface area contributed by atoms with Crippen molar-refractivity contribution < 1.29 is 9.90 Å². The topological polar surface area (TPSA) is 87.1 Å². The molecule has 0 heterocycles. The quantitative estimate of drug-likeness (QED) is 0.636. The highest BCUT2D eigenvalue weighted by molar-refractivity contribution is 9.11. The van der Waals surface area contributed by atoms with Gasteiger partial charge in [0.2, 0.25) is 0 Å². The van der Waals surface area contributed by atoms with Crippen LogP contribution in [0.25, 0.3) is 6.08 Å². The molecule has 1 rings (SSSR count). The molecule has 0 fully saturated rings. The van der Waals surface area contributed by atoms with E-state index in [1.54, 1.807) is 18.2 Å². The second-order valence-corrected chi connectivity index (χ2v) is 4.58. The number of halogens is 2. The number of phenolic OH excluding ortho intramolecular Hbond substituents is 1. The number of aromatic hydroxyl groups is 1. The van der Waals surface area contributed by atoms with Crippen LogP contribution in [0.4, 0.5) is 0 Å². The number of carbonyl (C=O) groups is 1. The Morgan fingerprint density at radius 2 is 1.94 bits per heavy atom. The van der Waals surface area contributed by atoms with Crippen LogP contribution >= 0.6 is 31.9 Å². The fraction of sp³-hybridized carbons (Fsp3) is 0. The lowest BCUT2D eigenvalue weighted by Gasteiger charge is -2.02. The Morgan fingerprint density at radius 3 is 2.31 bits per heavy atom. The first-order chi connectivity index (χ1) is 7.45. The summed E-state index contributed by atoms with van der Waals surface area (Å²) in [6, 6.07) is 4.84. The highest BCUT2D eigenvalue weighted by Gasteiger charge is 2.07. The summed E-state index contributed by atoms with van der Waals surface area (Å²) in [4.78, 5) is 10.8. The summed E-state index contributed by atoms with van der Waals surface area (Å²) in [6.45, 7) is 0. The van der Waals surface area contributed by atoms with Crippen LogP contribution in [0.3, 0.4) is 0 Å². The van der Waals surface area contributed by atoms with E-state index in [1.165, 1.54) is 6.08 Å². The molecule has 6 heteroatoms. The van der Waals surface area contributed by atoms with E-state index in [-0.39, 0.29) is 11.3 Å². The van der Waals surface area contributed by atoms with Crippen LogP contribution in [0.15, 0.2) is 26.7 Å². The number of benzene rings is 1. The minimum atomic E-state index is -0.789. The number of hydrogen-bond acceptors (Lipinski definition) is 3. The van der Waals surface area contributed by atoms with Crippen molar-refractivity contribution in [3.05, 3.63) is 32.2 Å². The Hall–Kier alpha value is -1.32. The number of nitrogens with zero attached hydrogens (tertiary/aromatic N) is 1. The molecule has 16 heavy (non-hydrogen) atoms. The molecule has 0 unspecified atom stereocenters. The van der Waals surface area contributed by atoms with Gasteiger partial charge < -0.3 is 10.8 Å². The van der Waals surface area contributed by atoms with Gasteiger partial charge in [-0.25, -0.2) is 0 Å². The van der Waals surface area contributed by atoms with Gasteiger partial charge in [0.25, 0.3) is 5.91 Å². The summed E-state index contributed by atoms with van der Waals surface area (Å²) >= 11 is 6.27. The van der Waals surface area contributed by atoms with Crippen LogP contribution in [0, 0.1) is 11.3 Å². The summed E-state index contributed by atoms with van der Waals surface area (Å²) < 4.78 is 0.907. The second kappa shape index (κ2) is 5.14. The molecular weight excluding hydrogens is 340 g/mol. The molecule has 3 N–H and O–H groups in total. The van der Waals surface area contributed by atoms with Gasteiger partial charge in [0.15, 0.2) is 0 Å². The molecule has 1 amide bonds. The number of phenols is 1. The molecule has 0 aliphatic carbocycles. The Bertz CT molecular complexity index is 495. The first-order valence-corrected chi connectivity index (χ1v) is 5.64. The van der Waals surface area contributed by atoms with E-state index in [0.717, 1.165) is 0 Å². The Morgan fingerprint density at radius 1 is 1.44 bits per heavy atom. The number of rotatable bonds is 2. The summed E-state index contributed by atoms with van der Waals surface area (Å²) in [5.41, 5.74) is 5.43. The molecule has 1 aromatic rings. The molecule has 0 aliphatic rings. The summed E-state index contributed by atoms with van der Waals surface area (Å²) in [6.07, 6.45) is 1.34. The highest BCUT2D eigenvalue weighted by Crippen LogP contribution is 2.33. The van der Waals surface area contributed by atoms with Gasteiger partial charge in [0.05, 0.1) is 8.95 Å². The number of nitriles is 1. The summed E-state index contributed by atoms with van der Waals surface area (Å²) in [5.74, 6) is -0.738. The van der Waals surface area contributed by atoms with Crippen LogP contribution in [0.5, 0.6) is 5.75 Å². The van der Waals surface area contributed by atoms with Gasteiger partial charge in [-0.15, -0.1) is 0 Å². The second-order valence-electron chi connectivity index (χ2n) is 2.87. The number of hydrogen-bond donors (Lipinski definition) is 2. The van der Waals surface area contributed by atoms with Gasteiger partial charge in [0.1, 0.15) is 17.4 Å². The predicted molar refractivity (Wildman–Crippen MR) is 66.3 cm³/mol. The SMILES string of the molecule is N#CC(=Cc1cc(Br)c(O)c(Br)c1)C(N)=O. The molecule has 1 aromatic carbocycles. The van der Waals surface area contributed by atoms with Crippen molar-refractivity contribution in [1.29, 1.82) is 5.26 Å². The van der Waals surface area contributed by atoms with Gasteiger partial charge in [0, 0.05) is 0 Å². The van der Waals surface area contributed by atoms with E-state index >= 15 is 0 Å². The lowest BCUT2D eigenvalue weighted by molar-refractivity contribution is -0.114. The number of carbonyl (C=O) groups excluding carboxylic acids is 1. The molecule has 0 spiro atoms. The zero-order chi connectivity index (χ0) is 12.3. The van der Waals surface area contributed by atoms with Crippen molar-refractivity contribution in [1.82, 2.24) is 0 Å². The first-order valence-electron chi connectivity index (χ1n) is 4.05. The molecule has 0 saturated heterocycles. The average molecular weight is 346 g/mol. The number of primary amides is 1. The van der Waals surface area contributed by atoms with Crippen LogP contribution in [0.2, 0.25) is 0 Å². The Balaban J connectivity index is 3.27. The van der Waals surface area contributed by atoms with Crippen molar-refractivity contribution >= 4 is 43.8 Å². The third-order valence-corrected chi connectivity index (χ3v) is 2.95. The van der Waals surface area contributed by atoms with Crippen molar-refractivity contribution in [3.63, 3.8) is 0 Å². The zero-order valence-electron chi connectivity index (χ0n) is 7.87. The maximum absolute atomic E-state index is 10.8. The largest absolute Gasteiger partial charge is 0.506 e. The molecule has 4 nitrogen and oxygen atoms in total. The van der Waals surface area contributed by atoms with Gasteiger partial charge in [-0.05, 0) is 55.6 Å². The minimum Gasteiger partial charge on any atom is -0.506 e. The van der Waals surface area contributed by atoms with Crippen LogP contribution < -0.4 is 5.73 Å². The van der Waals surface area contributed by atoms with E-state index in [4.69, 9.17) is 11.0 Å². The lowest BCUT2D eigenvalue weighted by Crippen LogP contribution is -2.12. The maximum Gasteiger partial charge on any atom is 0.259 e. The number of nitrogens with two attached hydrogens (primary N) is 1. The molecule has 0 atom stereocenters. The Labute approximate surface area is 109 Å². The fourth-order valence-corrected chi connectivity index (χ4v) is 2.22. The van der Waals surface area contributed by atoms with Crippen molar-refractivity contribution in [3.8, 4) is 11.8 Å². The van der Waals surface area contributed by atoms with Crippen LogP contribution in [-0.4, -0.2) is 11.0 Å². The van der Waals surface area contributed by atoms with Crippen molar-refractivity contribution in [2.45, 2.75) is 0 Å². The van der Waals surface area contributed by atoms with Crippen LogP contribution in [-0.2, 0) is 4.79 Å². The standard InChI is InChI=1S/C10H6Br2N2O2/c11-7-2-5(3-8(12)9(7)15)1-6(4-13)10(14)16/h1-3,15H,(H2,14,16). The fourth-order valence-electron chi connectivity index (χ4n) is 0.994. The molecule has 0 aromatic heterocycles. The summed E-state index contributed by atoms with van der Waals surface area (Å²) in [5, 5.41) is 18.1. The van der Waals surface area contributed by atoms with Gasteiger partial charge in [-0.1, -0.05) is 0 Å². The van der Waals surface area contributed by atoms with E-state index in [1.807, 2.05) is 0 Å². The minimum absolute atomic E-state index is 0.0507. The Kier molecular flexibility index (Phi) is 4.10. The van der Waals surface area contributed by atoms with E-state index in [2.05, 4.69) is 31.9 Å². The van der Waals surface area contributed by atoms with Crippen LogP contribution in [0.1, 0.15) is 5.56 Å². The molecular formula is C10H6Br2N2O2. The smallest absolute Gasteiger partial charge is 0.259 e. The van der Waals surface area contributed by atoms with E-state index in [0.29, 0.717) is 14.5 Å². The van der Waals surface area contributed by atoms with E-state index in [9.17, 15) is 9.90 Å². The highest BCUT2D eigenvalue weighted by atomic mass is 79.9. The van der Waals surface area contributed by atoms with Gasteiger partial charge >= 0.3 is 0 Å². The third kappa shape index (κ3) is 2.84. The maximum atomic E-state index is 10.8. The lowest BCUT2D eigenvalue weighted by atomic mass is 10.1. The predicted octanol–water partition coefficient (Wildman–Crippen LogP) is 2.31. The monoisotopic (exact) mass is 344 g/mol. The molecule has 0 radical (unpaired) electrons. The number of amides is 1. The first kappa shape index (κ1) is 12.7. The van der Waals surface area contributed by atoms with Crippen molar-refractivity contribution in [2.24, 2.45) is 5.73 Å². The van der Waals surface area contributed by atoms with Crippen molar-refractivity contribution in [2.75, 3.05) is 0 Å². The zero-order valence-corrected chi connectivity index (χ0v) is 11.0. The van der Waals surface area contributed by atoms with Gasteiger partial charge in [-0.2, -0.15) is 5.26 Å². The molecule has 0 bridgehead atoms. The van der Waals surface area contributed by atoms with Gasteiger partial charge in [-0.3, -0.25) is 4.79 Å². The molecule has 0 saturated carbocycles.